The van der Waals surface area contributed by atoms with Crippen LogP contribution in [0, 0.1) is 0 Å². The molecule has 1 heterocycles. The fraction of sp³-hybridized carbons (Fsp3) is 0.400. The fourth-order valence-corrected chi connectivity index (χ4v) is 3.47. The first-order valence-electron chi connectivity index (χ1n) is 7.28. The molecule has 0 spiro atoms. The third-order valence-corrected chi connectivity index (χ3v) is 5.20. The maximum absolute atomic E-state index is 11.9. The van der Waals surface area contributed by atoms with Crippen LogP contribution >= 0.6 is 23.1 Å². The Kier molecular flexibility index (Phi) is 7.13. The number of nitrogens with zero attached hydrogens (tertiary/aromatic N) is 2. The second-order valence-electron chi connectivity index (χ2n) is 4.70. The van der Waals surface area contributed by atoms with Crippen molar-refractivity contribution in [1.82, 2.24) is 15.5 Å². The van der Waals surface area contributed by atoms with Crippen molar-refractivity contribution in [2.45, 2.75) is 10.8 Å². The van der Waals surface area contributed by atoms with E-state index in [-0.39, 0.29) is 5.91 Å². The molecule has 2 rings (SSSR count). The summed E-state index contributed by atoms with van der Waals surface area (Å²) in [6, 6.07) is 5.74. The molecule has 9 heteroatoms. The minimum Gasteiger partial charge on any atom is -0.493 e. The molecule has 0 atom stereocenters. The first-order chi connectivity index (χ1) is 11.7. The number of rotatable bonds is 9. The number of anilines is 1. The van der Waals surface area contributed by atoms with E-state index in [4.69, 9.17) is 9.47 Å². The number of carbonyl (C=O) groups excluding carboxylic acids is 1. The van der Waals surface area contributed by atoms with Crippen LogP contribution in [0.4, 0.5) is 5.13 Å². The Hall–Kier alpha value is -2.00. The van der Waals surface area contributed by atoms with Gasteiger partial charge < -0.3 is 20.1 Å². The molecule has 2 N–H and O–H groups in total. The number of aromatic nitrogens is 2. The van der Waals surface area contributed by atoms with E-state index in [1.165, 1.54) is 23.1 Å². The lowest BCUT2D eigenvalue weighted by molar-refractivity contribution is -0.118. The van der Waals surface area contributed by atoms with Crippen molar-refractivity contribution >= 4 is 34.1 Å². The van der Waals surface area contributed by atoms with E-state index in [0.29, 0.717) is 23.8 Å². The SMILES string of the molecule is CNc1nnc(SCC(=O)NCCc2ccc(OC)c(OC)c2)s1. The summed E-state index contributed by atoms with van der Waals surface area (Å²) in [5.41, 5.74) is 1.07. The zero-order valence-corrected chi connectivity index (χ0v) is 15.4. The van der Waals surface area contributed by atoms with Crippen molar-refractivity contribution in [3.8, 4) is 11.5 Å². The van der Waals surface area contributed by atoms with Gasteiger partial charge in [0.2, 0.25) is 11.0 Å². The maximum atomic E-state index is 11.9. The predicted octanol–water partition coefficient (Wildman–Crippen LogP) is 2.05. The van der Waals surface area contributed by atoms with Gasteiger partial charge in [-0.15, -0.1) is 10.2 Å². The average Bonchev–Trinajstić information content (AvgIpc) is 3.08. The normalized spacial score (nSPS) is 10.3. The second kappa shape index (κ2) is 9.33. The van der Waals surface area contributed by atoms with E-state index in [0.717, 1.165) is 21.5 Å². The Morgan fingerprint density at radius 3 is 2.71 bits per heavy atom. The predicted molar refractivity (Wildman–Crippen MR) is 96.4 cm³/mol. The standard InChI is InChI=1S/C15H20N4O3S2/c1-16-14-18-19-15(24-14)23-9-13(20)17-7-6-10-4-5-11(21-2)12(8-10)22-3/h4-5,8H,6-7,9H2,1-3H3,(H,16,18)(H,17,20). The molecular formula is C15H20N4O3S2. The number of nitrogens with one attached hydrogen (secondary N) is 2. The minimum atomic E-state index is -0.0262. The summed E-state index contributed by atoms with van der Waals surface area (Å²) >= 11 is 2.81. The van der Waals surface area contributed by atoms with Gasteiger partial charge in [-0.3, -0.25) is 4.79 Å². The van der Waals surface area contributed by atoms with Crippen LogP contribution in [0.1, 0.15) is 5.56 Å². The van der Waals surface area contributed by atoms with Crippen LogP contribution in [0.15, 0.2) is 22.5 Å². The van der Waals surface area contributed by atoms with Crippen LogP contribution in [-0.2, 0) is 11.2 Å². The molecule has 2 aromatic rings. The zero-order chi connectivity index (χ0) is 17.4. The molecule has 1 amide bonds. The number of methoxy groups -OCH3 is 2. The number of benzene rings is 1. The van der Waals surface area contributed by atoms with Gasteiger partial charge in [0.05, 0.1) is 20.0 Å². The van der Waals surface area contributed by atoms with Crippen molar-refractivity contribution in [1.29, 1.82) is 0 Å². The summed E-state index contributed by atoms with van der Waals surface area (Å²) in [6.45, 7) is 0.562. The smallest absolute Gasteiger partial charge is 0.230 e. The second-order valence-corrected chi connectivity index (χ2v) is 6.90. The van der Waals surface area contributed by atoms with E-state index >= 15 is 0 Å². The minimum absolute atomic E-state index is 0.0262. The van der Waals surface area contributed by atoms with Crippen molar-refractivity contribution in [3.05, 3.63) is 23.8 Å². The van der Waals surface area contributed by atoms with Gasteiger partial charge in [-0.1, -0.05) is 29.2 Å². The van der Waals surface area contributed by atoms with E-state index in [9.17, 15) is 4.79 Å². The Balaban J connectivity index is 1.74. The number of hydrogen-bond donors (Lipinski definition) is 2. The van der Waals surface area contributed by atoms with Crippen molar-refractivity contribution in [2.75, 3.05) is 38.9 Å². The third kappa shape index (κ3) is 5.27. The first kappa shape index (κ1) is 18.3. The van der Waals surface area contributed by atoms with E-state index in [2.05, 4.69) is 20.8 Å². The summed E-state index contributed by atoms with van der Waals surface area (Å²) in [6.07, 6.45) is 0.722. The Bertz CT molecular complexity index is 678. The maximum Gasteiger partial charge on any atom is 0.230 e. The highest BCUT2D eigenvalue weighted by molar-refractivity contribution is 8.01. The molecule has 0 aliphatic rings. The highest BCUT2D eigenvalue weighted by Crippen LogP contribution is 2.27. The quantitative estimate of drug-likeness (QED) is 0.655. The molecule has 0 bridgehead atoms. The summed E-state index contributed by atoms with van der Waals surface area (Å²) in [5.74, 6) is 1.68. The molecule has 1 aromatic heterocycles. The monoisotopic (exact) mass is 368 g/mol. The molecule has 24 heavy (non-hydrogen) atoms. The topological polar surface area (TPSA) is 85.4 Å². The molecule has 0 aliphatic heterocycles. The van der Waals surface area contributed by atoms with Crippen LogP contribution in [-0.4, -0.2) is 49.7 Å². The van der Waals surface area contributed by atoms with Crippen LogP contribution in [0.25, 0.3) is 0 Å². The Morgan fingerprint density at radius 1 is 1.25 bits per heavy atom. The summed E-state index contributed by atoms with van der Waals surface area (Å²) < 4.78 is 11.2. The van der Waals surface area contributed by atoms with Crippen LogP contribution in [0.2, 0.25) is 0 Å². The number of ether oxygens (including phenoxy) is 2. The molecule has 0 radical (unpaired) electrons. The van der Waals surface area contributed by atoms with Gasteiger partial charge in [0, 0.05) is 13.6 Å². The lowest BCUT2D eigenvalue weighted by Crippen LogP contribution is -2.27. The number of thioether (sulfide) groups is 1. The van der Waals surface area contributed by atoms with Crippen molar-refractivity contribution in [2.24, 2.45) is 0 Å². The molecule has 0 saturated carbocycles. The lowest BCUT2D eigenvalue weighted by atomic mass is 10.1. The molecule has 0 saturated heterocycles. The highest BCUT2D eigenvalue weighted by atomic mass is 32.2. The lowest BCUT2D eigenvalue weighted by Gasteiger charge is -2.10. The van der Waals surface area contributed by atoms with E-state index < -0.39 is 0 Å². The highest BCUT2D eigenvalue weighted by Gasteiger charge is 2.08. The fourth-order valence-electron chi connectivity index (χ4n) is 1.93. The third-order valence-electron chi connectivity index (χ3n) is 3.13. The molecule has 1 aromatic carbocycles. The summed E-state index contributed by atoms with van der Waals surface area (Å²) in [7, 11) is 5.00. The van der Waals surface area contributed by atoms with E-state index in [1.54, 1.807) is 21.3 Å². The number of carbonyl (C=O) groups is 1. The average molecular weight is 368 g/mol. The van der Waals surface area contributed by atoms with Crippen molar-refractivity contribution < 1.29 is 14.3 Å². The van der Waals surface area contributed by atoms with Gasteiger partial charge in [0.25, 0.3) is 0 Å². The van der Waals surface area contributed by atoms with Gasteiger partial charge >= 0.3 is 0 Å². The zero-order valence-electron chi connectivity index (χ0n) is 13.8. The molecule has 0 fully saturated rings. The van der Waals surface area contributed by atoms with E-state index in [1.807, 2.05) is 18.2 Å². The number of hydrogen-bond acceptors (Lipinski definition) is 8. The van der Waals surface area contributed by atoms with Crippen LogP contribution in [0.5, 0.6) is 11.5 Å². The van der Waals surface area contributed by atoms with Crippen LogP contribution in [0.3, 0.4) is 0 Å². The molecule has 0 unspecified atom stereocenters. The van der Waals surface area contributed by atoms with Gasteiger partial charge in [-0.2, -0.15) is 0 Å². The molecule has 7 nitrogen and oxygen atoms in total. The Morgan fingerprint density at radius 2 is 2.04 bits per heavy atom. The molecular weight excluding hydrogens is 348 g/mol. The van der Waals surface area contributed by atoms with Gasteiger partial charge in [-0.25, -0.2) is 0 Å². The van der Waals surface area contributed by atoms with Gasteiger partial charge in [0.15, 0.2) is 15.8 Å². The Labute approximate surface area is 149 Å². The van der Waals surface area contributed by atoms with Gasteiger partial charge in [-0.05, 0) is 24.1 Å². The van der Waals surface area contributed by atoms with Gasteiger partial charge in [0.1, 0.15) is 0 Å². The summed E-state index contributed by atoms with van der Waals surface area (Å²) in [5, 5.41) is 14.5. The summed E-state index contributed by atoms with van der Waals surface area (Å²) in [4.78, 5) is 11.9. The first-order valence-corrected chi connectivity index (χ1v) is 9.08. The number of amides is 1. The largest absolute Gasteiger partial charge is 0.493 e. The molecule has 130 valence electrons. The molecule has 0 aliphatic carbocycles. The van der Waals surface area contributed by atoms with Crippen molar-refractivity contribution in [3.63, 3.8) is 0 Å². The van der Waals surface area contributed by atoms with Crippen LogP contribution < -0.4 is 20.1 Å².